The van der Waals surface area contributed by atoms with Crippen molar-refractivity contribution in [2.45, 2.75) is 12.7 Å². The van der Waals surface area contributed by atoms with Gasteiger partial charge < -0.3 is 9.88 Å². The number of carbonyl (C=O) groups excluding carboxylic acids is 1. The number of amides is 1. The second-order valence-electron chi connectivity index (χ2n) is 5.97. The summed E-state index contributed by atoms with van der Waals surface area (Å²) in [5.41, 5.74) is 1.61. The van der Waals surface area contributed by atoms with Gasteiger partial charge in [-0.3, -0.25) is 9.78 Å². The molecule has 1 amide bonds. The second kappa shape index (κ2) is 6.39. The molecule has 0 fully saturated rings. The van der Waals surface area contributed by atoms with Gasteiger partial charge in [0.15, 0.2) is 0 Å². The van der Waals surface area contributed by atoms with E-state index in [1.165, 1.54) is 18.3 Å². The lowest BCUT2D eigenvalue weighted by molar-refractivity contribution is -0.147. The van der Waals surface area contributed by atoms with Crippen molar-refractivity contribution < 1.29 is 18.0 Å². The van der Waals surface area contributed by atoms with E-state index >= 15 is 0 Å². The summed E-state index contributed by atoms with van der Waals surface area (Å²) in [7, 11) is 0. The fourth-order valence-electron chi connectivity index (χ4n) is 2.94. The van der Waals surface area contributed by atoms with E-state index in [1.807, 2.05) is 24.3 Å². The van der Waals surface area contributed by atoms with E-state index in [4.69, 9.17) is 0 Å². The highest BCUT2D eigenvalue weighted by Gasteiger charge is 2.38. The van der Waals surface area contributed by atoms with Crippen LogP contribution in [0.3, 0.4) is 0 Å². The molecule has 2 heterocycles. The fourth-order valence-corrected chi connectivity index (χ4v) is 2.94. The quantitative estimate of drug-likeness (QED) is 0.587. The molecule has 0 aliphatic rings. The molecule has 0 saturated heterocycles. The Kier molecular flexibility index (Phi) is 4.02. The van der Waals surface area contributed by atoms with E-state index in [0.29, 0.717) is 5.69 Å². The molecule has 0 aliphatic heterocycles. The molecule has 4 aromatic rings. The summed E-state index contributed by atoms with van der Waals surface area (Å²) < 4.78 is 40.8. The number of anilines is 1. The van der Waals surface area contributed by atoms with Crippen LogP contribution in [-0.2, 0) is 17.5 Å². The number of carbonyl (C=O) groups is 1. The van der Waals surface area contributed by atoms with Crippen LogP contribution < -0.4 is 5.32 Å². The molecule has 0 unspecified atom stereocenters. The number of fused-ring (bicyclic) bond motifs is 2. The molecular weight excluding hydrogens is 357 g/mol. The van der Waals surface area contributed by atoms with Gasteiger partial charge in [0.2, 0.25) is 11.7 Å². The minimum Gasteiger partial charge on any atom is -0.323 e. The molecule has 4 rings (SSSR count). The van der Waals surface area contributed by atoms with Crippen LogP contribution in [0.2, 0.25) is 0 Å². The van der Waals surface area contributed by atoms with Crippen LogP contribution in [0.1, 0.15) is 5.82 Å². The van der Waals surface area contributed by atoms with Crippen molar-refractivity contribution in [3.8, 4) is 0 Å². The standard InChI is InChI=1S/C19H13F3N4O/c20-19(21,22)18-25-15-7-3-4-8-16(15)26(18)11-17(27)24-13-9-12-5-1-2-6-14(12)23-10-13/h1-10H,11H2,(H,24,27). The van der Waals surface area contributed by atoms with Crippen molar-refractivity contribution in [1.29, 1.82) is 0 Å². The first-order chi connectivity index (χ1) is 12.9. The maximum Gasteiger partial charge on any atom is 0.449 e. The number of hydrogen-bond donors (Lipinski definition) is 1. The molecule has 5 nitrogen and oxygen atoms in total. The van der Waals surface area contributed by atoms with Gasteiger partial charge in [0.25, 0.3) is 0 Å². The van der Waals surface area contributed by atoms with E-state index in [-0.39, 0.29) is 11.0 Å². The van der Waals surface area contributed by atoms with E-state index in [1.54, 1.807) is 18.2 Å². The number of nitrogens with one attached hydrogen (secondary N) is 1. The van der Waals surface area contributed by atoms with Crippen molar-refractivity contribution in [3.63, 3.8) is 0 Å². The van der Waals surface area contributed by atoms with E-state index < -0.39 is 24.5 Å². The Morgan fingerprint density at radius 3 is 2.52 bits per heavy atom. The molecule has 136 valence electrons. The van der Waals surface area contributed by atoms with Gasteiger partial charge in [-0.1, -0.05) is 30.3 Å². The fraction of sp³-hybridized carbons (Fsp3) is 0.105. The monoisotopic (exact) mass is 370 g/mol. The van der Waals surface area contributed by atoms with Crippen LogP contribution in [0.15, 0.2) is 60.8 Å². The Hall–Kier alpha value is -3.42. The van der Waals surface area contributed by atoms with Crippen molar-refractivity contribution >= 4 is 33.5 Å². The van der Waals surface area contributed by atoms with Crippen LogP contribution in [0, 0.1) is 0 Å². The lowest BCUT2D eigenvalue weighted by atomic mass is 10.2. The molecule has 1 N–H and O–H groups in total. The summed E-state index contributed by atoms with van der Waals surface area (Å²) in [6.45, 7) is -0.512. The van der Waals surface area contributed by atoms with Gasteiger partial charge >= 0.3 is 6.18 Å². The summed E-state index contributed by atoms with van der Waals surface area (Å²) >= 11 is 0. The lowest BCUT2D eigenvalue weighted by Crippen LogP contribution is -2.23. The lowest BCUT2D eigenvalue weighted by Gasteiger charge is -2.12. The van der Waals surface area contributed by atoms with Crippen LogP contribution >= 0.6 is 0 Å². The maximum atomic E-state index is 13.3. The van der Waals surface area contributed by atoms with E-state index in [2.05, 4.69) is 15.3 Å². The van der Waals surface area contributed by atoms with Gasteiger partial charge in [-0.05, 0) is 24.3 Å². The first kappa shape index (κ1) is 17.0. The Morgan fingerprint density at radius 2 is 1.74 bits per heavy atom. The zero-order chi connectivity index (χ0) is 19.0. The highest BCUT2D eigenvalue weighted by molar-refractivity contribution is 5.93. The zero-order valence-electron chi connectivity index (χ0n) is 13.9. The second-order valence-corrected chi connectivity index (χ2v) is 5.97. The smallest absolute Gasteiger partial charge is 0.323 e. The summed E-state index contributed by atoms with van der Waals surface area (Å²) in [6, 6.07) is 15.2. The highest BCUT2D eigenvalue weighted by atomic mass is 19.4. The van der Waals surface area contributed by atoms with Gasteiger partial charge in [-0.2, -0.15) is 13.2 Å². The van der Waals surface area contributed by atoms with Crippen LogP contribution in [-0.4, -0.2) is 20.4 Å². The number of alkyl halides is 3. The van der Waals surface area contributed by atoms with Gasteiger partial charge in [0.05, 0.1) is 28.4 Å². The first-order valence-corrected chi connectivity index (χ1v) is 8.09. The molecular formula is C19H13F3N4O. The molecule has 0 radical (unpaired) electrons. The number of benzene rings is 2. The average Bonchev–Trinajstić information content (AvgIpc) is 3.00. The van der Waals surface area contributed by atoms with Crippen molar-refractivity contribution in [2.24, 2.45) is 0 Å². The Bertz CT molecular complexity index is 1150. The van der Waals surface area contributed by atoms with Crippen LogP contribution in [0.5, 0.6) is 0 Å². The van der Waals surface area contributed by atoms with Crippen LogP contribution in [0.25, 0.3) is 21.9 Å². The SMILES string of the molecule is O=C(Cn1c(C(F)(F)F)nc2ccccc21)Nc1cnc2ccccc2c1. The molecule has 0 spiro atoms. The van der Waals surface area contributed by atoms with E-state index in [0.717, 1.165) is 15.5 Å². The molecule has 0 saturated carbocycles. The summed E-state index contributed by atoms with van der Waals surface area (Å²) in [4.78, 5) is 20.2. The Morgan fingerprint density at radius 1 is 1.04 bits per heavy atom. The van der Waals surface area contributed by atoms with Crippen molar-refractivity contribution in [1.82, 2.24) is 14.5 Å². The minimum absolute atomic E-state index is 0.185. The number of halogens is 3. The third kappa shape index (κ3) is 3.33. The molecule has 2 aromatic heterocycles. The number of hydrogen-bond acceptors (Lipinski definition) is 3. The van der Waals surface area contributed by atoms with Crippen molar-refractivity contribution in [3.05, 3.63) is 66.6 Å². The minimum atomic E-state index is -4.66. The van der Waals surface area contributed by atoms with Gasteiger partial charge in [0.1, 0.15) is 6.54 Å². The molecule has 0 aliphatic carbocycles. The van der Waals surface area contributed by atoms with Gasteiger partial charge in [-0.15, -0.1) is 0 Å². The van der Waals surface area contributed by atoms with Gasteiger partial charge in [-0.25, -0.2) is 4.98 Å². The molecule has 0 bridgehead atoms. The Labute approximate surface area is 151 Å². The largest absolute Gasteiger partial charge is 0.449 e. The third-order valence-electron chi connectivity index (χ3n) is 4.08. The number of aromatic nitrogens is 3. The molecule has 27 heavy (non-hydrogen) atoms. The third-order valence-corrected chi connectivity index (χ3v) is 4.08. The predicted molar refractivity (Wildman–Crippen MR) is 95.1 cm³/mol. The normalized spacial score (nSPS) is 11.8. The maximum absolute atomic E-state index is 13.3. The summed E-state index contributed by atoms with van der Waals surface area (Å²) in [5, 5.41) is 3.42. The summed E-state index contributed by atoms with van der Waals surface area (Å²) in [5.74, 6) is -1.70. The first-order valence-electron chi connectivity index (χ1n) is 8.09. The molecule has 0 atom stereocenters. The predicted octanol–water partition coefficient (Wildman–Crippen LogP) is 4.24. The van der Waals surface area contributed by atoms with E-state index in [9.17, 15) is 18.0 Å². The molecule has 8 heteroatoms. The van der Waals surface area contributed by atoms with Crippen molar-refractivity contribution in [2.75, 3.05) is 5.32 Å². The Balaban J connectivity index is 1.64. The number of pyridine rings is 1. The number of imidazole rings is 1. The topological polar surface area (TPSA) is 59.8 Å². The molecule has 2 aromatic carbocycles. The zero-order valence-corrected chi connectivity index (χ0v) is 13.9. The number of para-hydroxylation sites is 3. The summed E-state index contributed by atoms with van der Waals surface area (Å²) in [6.07, 6.45) is -3.19. The van der Waals surface area contributed by atoms with Crippen LogP contribution in [0.4, 0.5) is 18.9 Å². The van der Waals surface area contributed by atoms with Gasteiger partial charge in [0, 0.05) is 5.39 Å². The highest BCUT2D eigenvalue weighted by Crippen LogP contribution is 2.31. The number of nitrogens with zero attached hydrogens (tertiary/aromatic N) is 3. The average molecular weight is 370 g/mol. The number of rotatable bonds is 3.